The van der Waals surface area contributed by atoms with Gasteiger partial charge in [0, 0.05) is 43.9 Å². The fourth-order valence-electron chi connectivity index (χ4n) is 5.70. The molecule has 276 valence electrons. The van der Waals surface area contributed by atoms with Crippen LogP contribution in [0.5, 0.6) is 40.2 Å². The average molecular weight is 739 g/mol. The Kier molecular flexibility index (Phi) is 11.4. The monoisotopic (exact) mass is 738 g/mol. The highest BCUT2D eigenvalue weighted by atomic mass is 32.2. The molecule has 1 aliphatic heterocycles. The standard InChI is InChI=1S/C34H37F3N2O11S/c1-43-22-17-24(44-2)29-25(18-22)49-31(20-15-26(45-3)32(47-5)27(16-20)46-4)33(30(29)40)48-14-6-12-39-13-11-38-28(19-39)51(41,42)23-9-7-21(8-10-23)50-34(35,36)37/h7-10,15-18,28,38H,6,11-14,19H2,1-5H3. The van der Waals surface area contributed by atoms with E-state index < -0.39 is 32.8 Å². The van der Waals surface area contributed by atoms with Crippen molar-refractivity contribution in [2.24, 2.45) is 0 Å². The summed E-state index contributed by atoms with van der Waals surface area (Å²) in [6.45, 7) is 1.44. The highest BCUT2D eigenvalue weighted by Crippen LogP contribution is 2.44. The first-order chi connectivity index (χ1) is 24.3. The third-order valence-electron chi connectivity index (χ3n) is 8.12. The van der Waals surface area contributed by atoms with Gasteiger partial charge in [0.25, 0.3) is 0 Å². The first-order valence-corrected chi connectivity index (χ1v) is 17.1. The summed E-state index contributed by atoms with van der Waals surface area (Å²) in [6, 6.07) is 10.4. The molecule has 1 unspecified atom stereocenters. The van der Waals surface area contributed by atoms with E-state index >= 15 is 0 Å². The molecule has 1 saturated heterocycles. The highest BCUT2D eigenvalue weighted by Gasteiger charge is 2.34. The molecule has 0 aliphatic carbocycles. The molecular formula is C34H37F3N2O11S. The summed E-state index contributed by atoms with van der Waals surface area (Å²) in [5, 5.41) is 2.10. The fourth-order valence-corrected chi connectivity index (χ4v) is 7.29. The molecule has 13 nitrogen and oxygen atoms in total. The maximum atomic E-state index is 14.1. The van der Waals surface area contributed by atoms with E-state index in [0.29, 0.717) is 54.6 Å². The number of hydrogen-bond acceptors (Lipinski definition) is 13. The highest BCUT2D eigenvalue weighted by molar-refractivity contribution is 7.92. The number of piperazine rings is 1. The number of rotatable bonds is 14. The Morgan fingerprint density at radius 2 is 1.53 bits per heavy atom. The second-order valence-electron chi connectivity index (χ2n) is 11.2. The fraction of sp³-hybridized carbons (Fsp3) is 0.382. The van der Waals surface area contributed by atoms with Crippen LogP contribution in [0.25, 0.3) is 22.3 Å². The molecule has 0 spiro atoms. The molecule has 1 aromatic heterocycles. The molecule has 3 aromatic carbocycles. The van der Waals surface area contributed by atoms with Crippen LogP contribution < -0.4 is 43.9 Å². The van der Waals surface area contributed by atoms with Crippen molar-refractivity contribution < 1.29 is 59.2 Å². The summed E-state index contributed by atoms with van der Waals surface area (Å²) in [6.07, 6.45) is -4.50. The van der Waals surface area contributed by atoms with Crippen LogP contribution in [0.15, 0.2) is 62.6 Å². The number of sulfone groups is 1. The molecule has 2 heterocycles. The maximum Gasteiger partial charge on any atom is 0.573 e. The maximum absolute atomic E-state index is 14.1. The molecular weight excluding hydrogens is 701 g/mol. The Labute approximate surface area is 291 Å². The van der Waals surface area contributed by atoms with Crippen molar-refractivity contribution in [1.82, 2.24) is 10.2 Å². The second-order valence-corrected chi connectivity index (χ2v) is 13.3. The minimum absolute atomic E-state index is 0.0498. The lowest BCUT2D eigenvalue weighted by Gasteiger charge is -2.33. The van der Waals surface area contributed by atoms with E-state index in [0.717, 1.165) is 24.3 Å². The van der Waals surface area contributed by atoms with Crippen molar-refractivity contribution in [3.63, 3.8) is 0 Å². The normalized spacial score (nSPS) is 15.3. The zero-order chi connectivity index (χ0) is 36.9. The summed E-state index contributed by atoms with van der Waals surface area (Å²) in [5.74, 6) is 1.05. The van der Waals surface area contributed by atoms with E-state index in [1.165, 1.54) is 35.5 Å². The van der Waals surface area contributed by atoms with Crippen molar-refractivity contribution >= 4 is 20.8 Å². The summed E-state index contributed by atoms with van der Waals surface area (Å²) in [5.41, 5.74) is 0.0795. The van der Waals surface area contributed by atoms with Gasteiger partial charge in [0.05, 0.1) is 47.1 Å². The summed E-state index contributed by atoms with van der Waals surface area (Å²) in [7, 11) is 3.33. The molecule has 0 bridgehead atoms. The number of hydrogen-bond donors (Lipinski definition) is 1. The predicted molar refractivity (Wildman–Crippen MR) is 179 cm³/mol. The van der Waals surface area contributed by atoms with Crippen LogP contribution in [0.4, 0.5) is 13.2 Å². The van der Waals surface area contributed by atoms with Gasteiger partial charge >= 0.3 is 6.36 Å². The Morgan fingerprint density at radius 3 is 2.12 bits per heavy atom. The molecule has 1 atom stereocenters. The molecule has 4 aromatic rings. The van der Waals surface area contributed by atoms with Gasteiger partial charge in [-0.05, 0) is 42.8 Å². The molecule has 1 N–H and O–H groups in total. The van der Waals surface area contributed by atoms with Gasteiger partial charge in [0.1, 0.15) is 33.6 Å². The van der Waals surface area contributed by atoms with E-state index in [-0.39, 0.29) is 46.3 Å². The number of ether oxygens (including phenoxy) is 7. The average Bonchev–Trinajstić information content (AvgIpc) is 3.12. The second kappa shape index (κ2) is 15.6. The van der Waals surface area contributed by atoms with Crippen molar-refractivity contribution in [2.75, 3.05) is 68.3 Å². The molecule has 51 heavy (non-hydrogen) atoms. The topological polar surface area (TPSA) is 144 Å². The van der Waals surface area contributed by atoms with Crippen LogP contribution in [0, 0.1) is 0 Å². The number of halogens is 3. The number of benzene rings is 3. The first-order valence-electron chi connectivity index (χ1n) is 15.5. The zero-order valence-corrected chi connectivity index (χ0v) is 29.2. The van der Waals surface area contributed by atoms with Gasteiger partial charge in [0.2, 0.25) is 16.9 Å². The van der Waals surface area contributed by atoms with E-state index in [1.807, 2.05) is 4.90 Å². The summed E-state index contributed by atoms with van der Waals surface area (Å²) >= 11 is 0. The van der Waals surface area contributed by atoms with E-state index in [9.17, 15) is 26.4 Å². The quantitative estimate of drug-likeness (QED) is 0.176. The van der Waals surface area contributed by atoms with Crippen molar-refractivity contribution in [3.05, 3.63) is 58.8 Å². The summed E-state index contributed by atoms with van der Waals surface area (Å²) < 4.78 is 108. The van der Waals surface area contributed by atoms with Gasteiger partial charge in [-0.2, -0.15) is 0 Å². The minimum atomic E-state index is -4.90. The van der Waals surface area contributed by atoms with Gasteiger partial charge in [-0.1, -0.05) is 0 Å². The lowest BCUT2D eigenvalue weighted by molar-refractivity contribution is -0.274. The van der Waals surface area contributed by atoms with Gasteiger partial charge in [-0.25, -0.2) is 8.42 Å². The van der Waals surface area contributed by atoms with Crippen molar-refractivity contribution in [1.29, 1.82) is 0 Å². The number of methoxy groups -OCH3 is 5. The minimum Gasteiger partial charge on any atom is -0.496 e. The molecule has 0 saturated carbocycles. The van der Waals surface area contributed by atoms with Crippen LogP contribution in [-0.4, -0.2) is 93.4 Å². The zero-order valence-electron chi connectivity index (χ0n) is 28.4. The van der Waals surface area contributed by atoms with E-state index in [2.05, 4.69) is 10.1 Å². The molecule has 0 amide bonds. The molecule has 0 radical (unpaired) electrons. The smallest absolute Gasteiger partial charge is 0.496 e. The lowest BCUT2D eigenvalue weighted by Crippen LogP contribution is -2.54. The Balaban J connectivity index is 1.37. The third-order valence-corrected chi connectivity index (χ3v) is 10.1. The number of nitrogens with zero attached hydrogens (tertiary/aromatic N) is 1. The third kappa shape index (κ3) is 8.21. The molecule has 17 heteroatoms. The predicted octanol–water partition coefficient (Wildman–Crippen LogP) is 4.88. The van der Waals surface area contributed by atoms with Gasteiger partial charge < -0.3 is 37.6 Å². The Hall–Kier alpha value is -4.87. The summed E-state index contributed by atoms with van der Waals surface area (Å²) in [4.78, 5) is 15.8. The Bertz CT molecular complexity index is 1990. The molecule has 1 fully saturated rings. The number of fused-ring (bicyclic) bond motifs is 1. The van der Waals surface area contributed by atoms with Gasteiger partial charge in [0.15, 0.2) is 27.1 Å². The van der Waals surface area contributed by atoms with Gasteiger partial charge in [-0.3, -0.25) is 15.0 Å². The van der Waals surface area contributed by atoms with Crippen LogP contribution in [0.3, 0.4) is 0 Å². The van der Waals surface area contributed by atoms with Crippen molar-refractivity contribution in [2.45, 2.75) is 23.1 Å². The lowest BCUT2D eigenvalue weighted by atomic mass is 10.1. The van der Waals surface area contributed by atoms with E-state index in [4.69, 9.17) is 32.8 Å². The van der Waals surface area contributed by atoms with Crippen LogP contribution in [0.1, 0.15) is 6.42 Å². The van der Waals surface area contributed by atoms with Gasteiger partial charge in [-0.15, -0.1) is 13.2 Å². The number of alkyl halides is 3. The van der Waals surface area contributed by atoms with Crippen LogP contribution in [0.2, 0.25) is 0 Å². The van der Waals surface area contributed by atoms with Crippen molar-refractivity contribution in [3.8, 4) is 51.6 Å². The largest absolute Gasteiger partial charge is 0.573 e. The van der Waals surface area contributed by atoms with Crippen LogP contribution >= 0.6 is 0 Å². The SMILES string of the molecule is COc1cc(OC)c2c(=O)c(OCCCN3CCNC(S(=O)(=O)c4ccc(OC(F)(F)F)cc4)C3)c(-c3cc(OC)c(OC)c(OC)c3)oc2c1. The first kappa shape index (κ1) is 37.4. The Morgan fingerprint density at radius 1 is 0.863 bits per heavy atom. The molecule has 1 aliphatic rings. The van der Waals surface area contributed by atoms with E-state index in [1.54, 1.807) is 24.3 Å². The molecule has 5 rings (SSSR count). The number of nitrogens with one attached hydrogen (secondary N) is 1. The van der Waals surface area contributed by atoms with Crippen LogP contribution in [-0.2, 0) is 9.84 Å².